The van der Waals surface area contributed by atoms with Crippen LogP contribution in [0.4, 0.5) is 16.2 Å². The van der Waals surface area contributed by atoms with Gasteiger partial charge in [0.15, 0.2) is 0 Å². The maximum atomic E-state index is 12.7. The van der Waals surface area contributed by atoms with Gasteiger partial charge in [-0.05, 0) is 81.3 Å². The normalized spacial score (nSPS) is 10.5. The fraction of sp³-hybridized carbons (Fsp3) is 0.308. The number of esters is 1. The van der Waals surface area contributed by atoms with Gasteiger partial charge < -0.3 is 14.8 Å². The van der Waals surface area contributed by atoms with E-state index >= 15 is 0 Å². The maximum Gasteiger partial charge on any atom is 0.413 e. The standard InChI is InChI=1S/C26H30N4O5/c1-6-35-26(33)29(4)21-13-9-20(10-14-21)27-25(32)19-7-11-22(12-8-19)30-18(3)23(17(2)28-30)15-16-24(31)34-5/h7-14H,6,15-16H2,1-5H3,(H,27,32). The molecule has 1 aromatic heterocycles. The molecule has 3 aromatic rings. The van der Waals surface area contributed by atoms with Crippen molar-refractivity contribution in [2.45, 2.75) is 33.6 Å². The second-order valence-electron chi connectivity index (χ2n) is 7.94. The molecule has 35 heavy (non-hydrogen) atoms. The molecule has 0 radical (unpaired) electrons. The van der Waals surface area contributed by atoms with E-state index < -0.39 is 6.09 Å². The van der Waals surface area contributed by atoms with E-state index in [4.69, 9.17) is 9.47 Å². The first-order valence-corrected chi connectivity index (χ1v) is 11.3. The second kappa shape index (κ2) is 11.3. The monoisotopic (exact) mass is 478 g/mol. The van der Waals surface area contributed by atoms with Gasteiger partial charge in [-0.1, -0.05) is 0 Å². The number of rotatable bonds is 8. The number of hydrogen-bond acceptors (Lipinski definition) is 6. The maximum absolute atomic E-state index is 12.7. The Kier molecular flexibility index (Phi) is 8.25. The summed E-state index contributed by atoms with van der Waals surface area (Å²) in [6.45, 7) is 5.91. The van der Waals surface area contributed by atoms with E-state index in [2.05, 4.69) is 10.4 Å². The Bertz CT molecular complexity index is 1200. The number of ether oxygens (including phenoxy) is 2. The third kappa shape index (κ3) is 6.06. The smallest absolute Gasteiger partial charge is 0.413 e. The summed E-state index contributed by atoms with van der Waals surface area (Å²) in [6.07, 6.45) is 0.407. The third-order valence-corrected chi connectivity index (χ3v) is 5.68. The van der Waals surface area contributed by atoms with Crippen LogP contribution in [0.3, 0.4) is 0 Å². The number of amides is 2. The van der Waals surface area contributed by atoms with Crippen molar-refractivity contribution >= 4 is 29.3 Å². The van der Waals surface area contributed by atoms with Crippen molar-refractivity contribution in [3.63, 3.8) is 0 Å². The van der Waals surface area contributed by atoms with Gasteiger partial charge in [-0.3, -0.25) is 14.5 Å². The molecule has 0 bridgehead atoms. The first-order chi connectivity index (χ1) is 16.7. The highest BCUT2D eigenvalue weighted by molar-refractivity contribution is 6.04. The molecule has 184 valence electrons. The first-order valence-electron chi connectivity index (χ1n) is 11.3. The topological polar surface area (TPSA) is 103 Å². The van der Waals surface area contributed by atoms with Crippen LogP contribution < -0.4 is 10.2 Å². The lowest BCUT2D eigenvalue weighted by atomic mass is 10.1. The average Bonchev–Trinajstić information content (AvgIpc) is 3.15. The van der Waals surface area contributed by atoms with Gasteiger partial charge in [0, 0.05) is 36.1 Å². The van der Waals surface area contributed by atoms with Crippen LogP contribution in [-0.4, -0.2) is 48.5 Å². The fourth-order valence-electron chi connectivity index (χ4n) is 3.67. The van der Waals surface area contributed by atoms with Crippen LogP contribution in [0, 0.1) is 13.8 Å². The van der Waals surface area contributed by atoms with Crippen molar-refractivity contribution in [2.75, 3.05) is 31.0 Å². The molecule has 0 aliphatic rings. The van der Waals surface area contributed by atoms with Gasteiger partial charge in [0.1, 0.15) is 0 Å². The molecular weight excluding hydrogens is 448 g/mol. The summed E-state index contributed by atoms with van der Waals surface area (Å²) < 4.78 is 11.5. The van der Waals surface area contributed by atoms with Gasteiger partial charge in [0.2, 0.25) is 0 Å². The summed E-state index contributed by atoms with van der Waals surface area (Å²) in [6, 6.07) is 14.0. The zero-order chi connectivity index (χ0) is 25.5. The van der Waals surface area contributed by atoms with Crippen LogP contribution >= 0.6 is 0 Å². The van der Waals surface area contributed by atoms with Crippen LogP contribution in [-0.2, 0) is 20.7 Å². The van der Waals surface area contributed by atoms with Crippen molar-refractivity contribution in [3.8, 4) is 5.69 Å². The van der Waals surface area contributed by atoms with Crippen molar-refractivity contribution in [1.29, 1.82) is 0 Å². The average molecular weight is 479 g/mol. The molecule has 1 N–H and O–H groups in total. The van der Waals surface area contributed by atoms with Crippen LogP contribution in [0.2, 0.25) is 0 Å². The van der Waals surface area contributed by atoms with Crippen molar-refractivity contribution < 1.29 is 23.9 Å². The molecule has 0 fully saturated rings. The zero-order valence-electron chi connectivity index (χ0n) is 20.6. The lowest BCUT2D eigenvalue weighted by molar-refractivity contribution is -0.140. The minimum atomic E-state index is -0.442. The van der Waals surface area contributed by atoms with Crippen LogP contribution in [0.15, 0.2) is 48.5 Å². The molecule has 2 amide bonds. The number of carbonyl (C=O) groups is 3. The summed E-state index contributed by atoms with van der Waals surface area (Å²) in [5, 5.41) is 7.46. The molecule has 0 saturated heterocycles. The Morgan fingerprint density at radius 2 is 1.69 bits per heavy atom. The summed E-state index contributed by atoms with van der Waals surface area (Å²) in [7, 11) is 3.00. The Labute approximate surface area is 204 Å². The highest BCUT2D eigenvalue weighted by atomic mass is 16.6. The van der Waals surface area contributed by atoms with E-state index in [0.717, 1.165) is 22.6 Å². The van der Waals surface area contributed by atoms with Gasteiger partial charge in [0.25, 0.3) is 5.91 Å². The molecule has 0 spiro atoms. The van der Waals surface area contributed by atoms with Crippen molar-refractivity contribution in [1.82, 2.24) is 9.78 Å². The number of aryl methyl sites for hydroxylation is 1. The van der Waals surface area contributed by atoms with E-state index in [1.807, 2.05) is 30.7 Å². The van der Waals surface area contributed by atoms with E-state index in [1.165, 1.54) is 12.0 Å². The molecule has 0 aliphatic carbocycles. The molecule has 0 atom stereocenters. The summed E-state index contributed by atoms with van der Waals surface area (Å²) in [5.74, 6) is -0.511. The molecule has 3 rings (SSSR count). The van der Waals surface area contributed by atoms with E-state index in [9.17, 15) is 14.4 Å². The van der Waals surface area contributed by atoms with Crippen molar-refractivity contribution in [2.24, 2.45) is 0 Å². The Balaban J connectivity index is 1.68. The number of benzene rings is 2. The number of nitrogens with zero attached hydrogens (tertiary/aromatic N) is 3. The highest BCUT2D eigenvalue weighted by Crippen LogP contribution is 2.21. The predicted molar refractivity (Wildman–Crippen MR) is 133 cm³/mol. The first kappa shape index (κ1) is 25.5. The summed E-state index contributed by atoms with van der Waals surface area (Å²) in [5.41, 5.74) is 5.37. The zero-order valence-corrected chi connectivity index (χ0v) is 20.6. The number of methoxy groups -OCH3 is 1. The third-order valence-electron chi connectivity index (χ3n) is 5.68. The predicted octanol–water partition coefficient (Wildman–Crippen LogP) is 4.44. The fourth-order valence-corrected chi connectivity index (χ4v) is 3.67. The van der Waals surface area contributed by atoms with E-state index in [1.54, 1.807) is 50.4 Å². The number of hydrogen-bond donors (Lipinski definition) is 1. The van der Waals surface area contributed by atoms with Crippen LogP contribution in [0.1, 0.15) is 40.7 Å². The minimum Gasteiger partial charge on any atom is -0.469 e. The van der Waals surface area contributed by atoms with Gasteiger partial charge in [-0.25, -0.2) is 9.48 Å². The lowest BCUT2D eigenvalue weighted by Crippen LogP contribution is -2.26. The van der Waals surface area contributed by atoms with Gasteiger partial charge >= 0.3 is 12.1 Å². The number of aromatic nitrogens is 2. The Morgan fingerprint density at radius 1 is 1.03 bits per heavy atom. The molecule has 0 aliphatic heterocycles. The number of nitrogens with one attached hydrogen (secondary N) is 1. The largest absolute Gasteiger partial charge is 0.469 e. The molecular formula is C26H30N4O5. The number of anilines is 2. The quantitative estimate of drug-likeness (QED) is 0.480. The Morgan fingerprint density at radius 3 is 2.29 bits per heavy atom. The molecule has 9 nitrogen and oxygen atoms in total. The highest BCUT2D eigenvalue weighted by Gasteiger charge is 2.15. The second-order valence-corrected chi connectivity index (χ2v) is 7.94. The van der Waals surface area contributed by atoms with E-state index in [-0.39, 0.29) is 11.9 Å². The van der Waals surface area contributed by atoms with Gasteiger partial charge in [0.05, 0.1) is 25.1 Å². The SMILES string of the molecule is CCOC(=O)N(C)c1ccc(NC(=O)c2ccc(-n3nc(C)c(CCC(=O)OC)c3C)cc2)cc1. The molecule has 0 saturated carbocycles. The minimum absolute atomic E-state index is 0.254. The van der Waals surface area contributed by atoms with Crippen molar-refractivity contribution in [3.05, 3.63) is 71.0 Å². The number of carbonyl (C=O) groups excluding carboxylic acids is 3. The molecule has 9 heteroatoms. The molecule has 0 unspecified atom stereocenters. The van der Waals surface area contributed by atoms with E-state index in [0.29, 0.717) is 36.4 Å². The lowest BCUT2D eigenvalue weighted by Gasteiger charge is -2.17. The summed E-state index contributed by atoms with van der Waals surface area (Å²) >= 11 is 0. The molecule has 1 heterocycles. The van der Waals surface area contributed by atoms with Gasteiger partial charge in [-0.15, -0.1) is 0 Å². The Hall–Kier alpha value is -4.14. The van der Waals surface area contributed by atoms with Gasteiger partial charge in [-0.2, -0.15) is 5.10 Å². The van der Waals surface area contributed by atoms with Crippen LogP contribution in [0.5, 0.6) is 0 Å². The summed E-state index contributed by atoms with van der Waals surface area (Å²) in [4.78, 5) is 37.5. The van der Waals surface area contributed by atoms with Crippen LogP contribution in [0.25, 0.3) is 5.69 Å². The molecule has 2 aromatic carbocycles.